The minimum absolute atomic E-state index is 0.703. The van der Waals surface area contributed by atoms with Crippen molar-refractivity contribution in [2.75, 3.05) is 0 Å². The molecule has 0 atom stereocenters. The average molecular weight is 171 g/mol. The molecule has 0 bridgehead atoms. The standard InChI is InChI=1S/C11H9NO/c1-8-5-10-9(7-13)3-2-4-11(10)12-6-8/h2-7H,1H3. The minimum Gasteiger partial charge on any atom is -0.298 e. The molecule has 0 N–H and O–H groups in total. The van der Waals surface area contributed by atoms with Crippen molar-refractivity contribution in [3.63, 3.8) is 0 Å². The maximum absolute atomic E-state index is 10.7. The van der Waals surface area contributed by atoms with Gasteiger partial charge in [0.1, 0.15) is 0 Å². The molecule has 1 aromatic heterocycles. The van der Waals surface area contributed by atoms with Crippen molar-refractivity contribution in [2.24, 2.45) is 0 Å². The predicted molar refractivity (Wildman–Crippen MR) is 51.9 cm³/mol. The fourth-order valence-corrected chi connectivity index (χ4v) is 1.38. The fourth-order valence-electron chi connectivity index (χ4n) is 1.38. The zero-order chi connectivity index (χ0) is 9.26. The van der Waals surface area contributed by atoms with Gasteiger partial charge in [-0.25, -0.2) is 0 Å². The summed E-state index contributed by atoms with van der Waals surface area (Å²) >= 11 is 0. The van der Waals surface area contributed by atoms with E-state index in [1.807, 2.05) is 25.1 Å². The molecule has 2 nitrogen and oxygen atoms in total. The van der Waals surface area contributed by atoms with Crippen molar-refractivity contribution in [1.82, 2.24) is 4.98 Å². The molecule has 2 aromatic rings. The lowest BCUT2D eigenvalue weighted by Gasteiger charge is -2.00. The molecule has 0 saturated carbocycles. The van der Waals surface area contributed by atoms with E-state index in [-0.39, 0.29) is 0 Å². The van der Waals surface area contributed by atoms with Gasteiger partial charge in [0, 0.05) is 17.1 Å². The van der Waals surface area contributed by atoms with Crippen LogP contribution < -0.4 is 0 Å². The second-order valence-corrected chi connectivity index (χ2v) is 3.04. The van der Waals surface area contributed by atoms with E-state index in [0.29, 0.717) is 5.56 Å². The summed E-state index contributed by atoms with van der Waals surface area (Å²) in [5, 5.41) is 0.928. The van der Waals surface area contributed by atoms with Crippen LogP contribution in [0, 0.1) is 6.92 Å². The van der Waals surface area contributed by atoms with E-state index in [1.165, 1.54) is 0 Å². The molecule has 2 heteroatoms. The summed E-state index contributed by atoms with van der Waals surface area (Å²) in [5.74, 6) is 0. The summed E-state index contributed by atoms with van der Waals surface area (Å²) in [6, 6.07) is 7.53. The number of aromatic nitrogens is 1. The molecule has 1 aromatic carbocycles. The first kappa shape index (κ1) is 7.92. The summed E-state index contributed by atoms with van der Waals surface area (Å²) in [4.78, 5) is 14.9. The molecule has 64 valence electrons. The van der Waals surface area contributed by atoms with Crippen molar-refractivity contribution >= 4 is 17.2 Å². The zero-order valence-electron chi connectivity index (χ0n) is 7.32. The highest BCUT2D eigenvalue weighted by Gasteiger charge is 1.99. The number of carbonyl (C=O) groups is 1. The minimum atomic E-state index is 0.703. The van der Waals surface area contributed by atoms with E-state index in [0.717, 1.165) is 22.8 Å². The number of rotatable bonds is 1. The van der Waals surface area contributed by atoms with Crippen molar-refractivity contribution in [3.8, 4) is 0 Å². The number of pyridine rings is 1. The second-order valence-electron chi connectivity index (χ2n) is 3.04. The van der Waals surface area contributed by atoms with Crippen LogP contribution in [0.15, 0.2) is 30.5 Å². The van der Waals surface area contributed by atoms with Gasteiger partial charge in [0.25, 0.3) is 0 Å². The summed E-state index contributed by atoms with van der Waals surface area (Å²) in [5.41, 5.74) is 2.64. The van der Waals surface area contributed by atoms with Crippen LogP contribution >= 0.6 is 0 Å². The summed E-state index contributed by atoms with van der Waals surface area (Å²) in [6.45, 7) is 1.97. The Morgan fingerprint density at radius 2 is 2.23 bits per heavy atom. The monoisotopic (exact) mass is 171 g/mol. The first-order valence-corrected chi connectivity index (χ1v) is 4.12. The van der Waals surface area contributed by atoms with Crippen molar-refractivity contribution < 1.29 is 4.79 Å². The van der Waals surface area contributed by atoms with Gasteiger partial charge in [0.15, 0.2) is 6.29 Å². The zero-order valence-corrected chi connectivity index (χ0v) is 7.32. The Balaban J connectivity index is 2.86. The summed E-state index contributed by atoms with van der Waals surface area (Å²) in [6.07, 6.45) is 2.67. The molecule has 0 spiro atoms. The molecule has 0 saturated heterocycles. The van der Waals surface area contributed by atoms with Crippen LogP contribution in [0.25, 0.3) is 10.9 Å². The van der Waals surface area contributed by atoms with E-state index in [9.17, 15) is 4.79 Å². The molecule has 0 amide bonds. The molecule has 0 radical (unpaired) electrons. The Morgan fingerprint density at radius 3 is 3.00 bits per heavy atom. The molecular weight excluding hydrogens is 162 g/mol. The molecule has 0 aliphatic carbocycles. The largest absolute Gasteiger partial charge is 0.298 e. The van der Waals surface area contributed by atoms with Gasteiger partial charge in [-0.2, -0.15) is 0 Å². The number of carbonyl (C=O) groups excluding carboxylic acids is 1. The van der Waals surface area contributed by atoms with Crippen LogP contribution in [0.4, 0.5) is 0 Å². The number of aldehydes is 1. The third-order valence-corrected chi connectivity index (χ3v) is 2.02. The van der Waals surface area contributed by atoms with Gasteiger partial charge in [-0.3, -0.25) is 9.78 Å². The van der Waals surface area contributed by atoms with E-state index >= 15 is 0 Å². The predicted octanol–water partition coefficient (Wildman–Crippen LogP) is 2.36. The molecule has 0 fully saturated rings. The van der Waals surface area contributed by atoms with Gasteiger partial charge < -0.3 is 0 Å². The van der Waals surface area contributed by atoms with E-state index in [1.54, 1.807) is 12.3 Å². The van der Waals surface area contributed by atoms with Gasteiger partial charge in [-0.1, -0.05) is 12.1 Å². The Hall–Kier alpha value is -1.70. The second kappa shape index (κ2) is 2.98. The molecule has 0 aliphatic rings. The topological polar surface area (TPSA) is 30.0 Å². The molecule has 0 aliphatic heterocycles. The Morgan fingerprint density at radius 1 is 1.38 bits per heavy atom. The quantitative estimate of drug-likeness (QED) is 0.616. The highest BCUT2D eigenvalue weighted by Crippen LogP contribution is 2.16. The van der Waals surface area contributed by atoms with Gasteiger partial charge in [-0.05, 0) is 24.6 Å². The molecule has 13 heavy (non-hydrogen) atoms. The molecular formula is C11H9NO. The lowest BCUT2D eigenvalue weighted by molar-refractivity contribution is 0.112. The van der Waals surface area contributed by atoms with E-state index in [4.69, 9.17) is 0 Å². The highest BCUT2D eigenvalue weighted by atomic mass is 16.1. The van der Waals surface area contributed by atoms with Crippen LogP contribution in [0.5, 0.6) is 0 Å². The van der Waals surface area contributed by atoms with Crippen LogP contribution in [0.2, 0.25) is 0 Å². The number of aryl methyl sites for hydroxylation is 1. The SMILES string of the molecule is Cc1cnc2cccc(C=O)c2c1. The number of hydrogen-bond donors (Lipinski definition) is 0. The van der Waals surface area contributed by atoms with Crippen molar-refractivity contribution in [1.29, 1.82) is 0 Å². The highest BCUT2D eigenvalue weighted by molar-refractivity contribution is 5.96. The van der Waals surface area contributed by atoms with E-state index in [2.05, 4.69) is 4.98 Å². The molecule has 0 unspecified atom stereocenters. The lowest BCUT2D eigenvalue weighted by Crippen LogP contribution is -1.86. The fraction of sp³-hybridized carbons (Fsp3) is 0.0909. The van der Waals surface area contributed by atoms with Gasteiger partial charge >= 0.3 is 0 Å². The van der Waals surface area contributed by atoms with Gasteiger partial charge in [0.05, 0.1) is 5.52 Å². The number of nitrogens with zero attached hydrogens (tertiary/aromatic N) is 1. The van der Waals surface area contributed by atoms with Crippen LogP contribution in [0.3, 0.4) is 0 Å². The van der Waals surface area contributed by atoms with Gasteiger partial charge in [-0.15, -0.1) is 0 Å². The number of fused-ring (bicyclic) bond motifs is 1. The van der Waals surface area contributed by atoms with Crippen LogP contribution in [-0.2, 0) is 0 Å². The number of hydrogen-bond acceptors (Lipinski definition) is 2. The summed E-state index contributed by atoms with van der Waals surface area (Å²) in [7, 11) is 0. The summed E-state index contributed by atoms with van der Waals surface area (Å²) < 4.78 is 0. The Labute approximate surface area is 76.2 Å². The van der Waals surface area contributed by atoms with Crippen molar-refractivity contribution in [2.45, 2.75) is 6.92 Å². The van der Waals surface area contributed by atoms with Crippen molar-refractivity contribution in [3.05, 3.63) is 41.6 Å². The maximum Gasteiger partial charge on any atom is 0.150 e. The Kier molecular flexibility index (Phi) is 1.81. The third-order valence-electron chi connectivity index (χ3n) is 2.02. The first-order valence-electron chi connectivity index (χ1n) is 4.12. The molecule has 1 heterocycles. The maximum atomic E-state index is 10.7. The van der Waals surface area contributed by atoms with Gasteiger partial charge in [0.2, 0.25) is 0 Å². The van der Waals surface area contributed by atoms with E-state index < -0.39 is 0 Å². The lowest BCUT2D eigenvalue weighted by atomic mass is 10.1. The van der Waals surface area contributed by atoms with Crippen LogP contribution in [-0.4, -0.2) is 11.3 Å². The smallest absolute Gasteiger partial charge is 0.150 e. The first-order chi connectivity index (χ1) is 6.31. The Bertz CT molecular complexity index is 463. The number of benzene rings is 1. The average Bonchev–Trinajstić information content (AvgIpc) is 2.17. The molecule has 2 rings (SSSR count). The van der Waals surface area contributed by atoms with Crippen LogP contribution in [0.1, 0.15) is 15.9 Å². The normalized spacial score (nSPS) is 10.2. The third kappa shape index (κ3) is 1.31.